The van der Waals surface area contributed by atoms with E-state index in [9.17, 15) is 43.5 Å². The van der Waals surface area contributed by atoms with Crippen LogP contribution in [0.25, 0.3) is 11.0 Å². The first kappa shape index (κ1) is 35.9. The molecule has 0 radical (unpaired) electrons. The van der Waals surface area contributed by atoms with Crippen LogP contribution in [-0.4, -0.2) is 75.9 Å². The van der Waals surface area contributed by atoms with Gasteiger partial charge in [-0.3, -0.25) is 33.6 Å². The van der Waals surface area contributed by atoms with Crippen molar-refractivity contribution in [2.75, 3.05) is 5.32 Å². The molecule has 4 atom stereocenters. The fourth-order valence-corrected chi connectivity index (χ4v) is 4.27. The van der Waals surface area contributed by atoms with E-state index in [-0.39, 0.29) is 17.7 Å². The lowest BCUT2D eigenvalue weighted by molar-refractivity contribution is -0.141. The quantitative estimate of drug-likeness (QED) is 0.129. The Morgan fingerprint density at radius 3 is 2.02 bits per heavy atom. The van der Waals surface area contributed by atoms with Crippen molar-refractivity contribution in [2.24, 2.45) is 5.92 Å². The zero-order chi connectivity index (χ0) is 34.0. The van der Waals surface area contributed by atoms with Gasteiger partial charge in [0, 0.05) is 36.6 Å². The standard InChI is InChI=1S/C29H37N5O11/c1-13(2)25(34-27(42)19(8-9-22(36)37)32-26(41)15(4)30-16(5)35)29(44)33-20(12-23(38)39)28(43)31-17-6-7-18-14(3)10-24(40)45-21(18)11-17/h6-7,10-11,13,15,19-20,25H,8-9,12H2,1-5H3,(H,30,35)(H,31,43)(H,32,41)(H,33,44)(H,34,42)(H,36,37)(H,38,39)/t15-,19-,20-,25-/m0/s1. The van der Waals surface area contributed by atoms with E-state index in [0.717, 1.165) is 0 Å². The monoisotopic (exact) mass is 631 g/mol. The number of carbonyl (C=O) groups excluding carboxylic acids is 5. The molecule has 1 heterocycles. The number of fused-ring (bicyclic) bond motifs is 1. The van der Waals surface area contributed by atoms with Crippen molar-refractivity contribution in [3.63, 3.8) is 0 Å². The number of nitrogens with one attached hydrogen (secondary N) is 5. The number of carboxylic acid groups (broad SMARTS) is 2. The largest absolute Gasteiger partial charge is 0.481 e. The molecule has 2 rings (SSSR count). The van der Waals surface area contributed by atoms with Crippen LogP contribution in [0, 0.1) is 12.8 Å². The molecule has 1 aromatic heterocycles. The summed E-state index contributed by atoms with van der Waals surface area (Å²) in [7, 11) is 0. The molecule has 0 aliphatic rings. The summed E-state index contributed by atoms with van der Waals surface area (Å²) in [4.78, 5) is 97.8. The Hall–Kier alpha value is -5.28. The van der Waals surface area contributed by atoms with E-state index in [1.54, 1.807) is 26.8 Å². The van der Waals surface area contributed by atoms with Crippen LogP contribution in [0.5, 0.6) is 0 Å². The number of rotatable bonds is 15. The van der Waals surface area contributed by atoms with E-state index in [4.69, 9.17) is 9.52 Å². The van der Waals surface area contributed by atoms with Gasteiger partial charge in [-0.25, -0.2) is 4.79 Å². The van der Waals surface area contributed by atoms with E-state index in [2.05, 4.69) is 26.6 Å². The number of aliphatic carboxylic acids is 2. The highest BCUT2D eigenvalue weighted by molar-refractivity contribution is 6.01. The number of benzene rings is 1. The first-order valence-corrected chi connectivity index (χ1v) is 14.0. The Bertz CT molecular complexity index is 1530. The van der Waals surface area contributed by atoms with Gasteiger partial charge in [-0.05, 0) is 43.9 Å². The molecular formula is C29H37N5O11. The third-order valence-corrected chi connectivity index (χ3v) is 6.57. The zero-order valence-electron chi connectivity index (χ0n) is 25.4. The van der Waals surface area contributed by atoms with Gasteiger partial charge in [-0.15, -0.1) is 0 Å². The maximum atomic E-state index is 13.3. The molecule has 16 nitrogen and oxygen atoms in total. The predicted molar refractivity (Wildman–Crippen MR) is 159 cm³/mol. The highest BCUT2D eigenvalue weighted by atomic mass is 16.4. The summed E-state index contributed by atoms with van der Waals surface area (Å²) in [6.45, 7) is 7.37. The van der Waals surface area contributed by atoms with Gasteiger partial charge in [0.05, 0.1) is 6.42 Å². The number of aryl methyl sites for hydroxylation is 1. The minimum Gasteiger partial charge on any atom is -0.481 e. The topological polar surface area (TPSA) is 250 Å². The predicted octanol–water partition coefficient (Wildman–Crippen LogP) is 0.0144. The van der Waals surface area contributed by atoms with Gasteiger partial charge in [0.15, 0.2) is 0 Å². The van der Waals surface area contributed by atoms with Crippen LogP contribution in [0.1, 0.15) is 52.5 Å². The molecule has 0 bridgehead atoms. The van der Waals surface area contributed by atoms with Gasteiger partial charge in [0.1, 0.15) is 29.8 Å². The van der Waals surface area contributed by atoms with Crippen LogP contribution < -0.4 is 32.2 Å². The molecule has 45 heavy (non-hydrogen) atoms. The number of amides is 5. The van der Waals surface area contributed by atoms with Crippen LogP contribution in [0.2, 0.25) is 0 Å². The third kappa shape index (κ3) is 11.1. The Labute approximate surface area is 257 Å². The van der Waals surface area contributed by atoms with Crippen molar-refractivity contribution in [3.05, 3.63) is 40.2 Å². The minimum atomic E-state index is -1.60. The van der Waals surface area contributed by atoms with E-state index in [1.165, 1.54) is 32.0 Å². The second kappa shape index (κ2) is 16.0. The van der Waals surface area contributed by atoms with E-state index in [1.807, 2.05) is 0 Å². The average molecular weight is 632 g/mol. The fraction of sp³-hybridized carbons (Fsp3) is 0.448. The number of carboxylic acids is 2. The summed E-state index contributed by atoms with van der Waals surface area (Å²) >= 11 is 0. The molecule has 0 aliphatic carbocycles. The highest BCUT2D eigenvalue weighted by Crippen LogP contribution is 2.21. The second-order valence-electron chi connectivity index (χ2n) is 10.8. The smallest absolute Gasteiger partial charge is 0.336 e. The van der Waals surface area contributed by atoms with Gasteiger partial charge in [0.2, 0.25) is 29.5 Å². The van der Waals surface area contributed by atoms with Crippen molar-refractivity contribution >= 4 is 58.1 Å². The Kier molecular flexibility index (Phi) is 12.8. The van der Waals surface area contributed by atoms with Crippen molar-refractivity contribution in [2.45, 2.75) is 78.0 Å². The maximum absolute atomic E-state index is 13.3. The zero-order valence-corrected chi connectivity index (χ0v) is 25.4. The van der Waals surface area contributed by atoms with Gasteiger partial charge >= 0.3 is 17.6 Å². The van der Waals surface area contributed by atoms with Crippen LogP contribution in [0.3, 0.4) is 0 Å². The van der Waals surface area contributed by atoms with Crippen molar-refractivity contribution < 1.29 is 48.2 Å². The Balaban J connectivity index is 2.23. The summed E-state index contributed by atoms with van der Waals surface area (Å²) in [5.41, 5.74) is 0.373. The van der Waals surface area contributed by atoms with Crippen LogP contribution in [0.4, 0.5) is 5.69 Å². The molecule has 0 saturated heterocycles. The molecule has 0 aliphatic heterocycles. The normalized spacial score (nSPS) is 13.6. The minimum absolute atomic E-state index is 0.158. The molecule has 0 unspecified atom stereocenters. The van der Waals surface area contributed by atoms with Gasteiger partial charge in [-0.2, -0.15) is 0 Å². The molecule has 0 spiro atoms. The maximum Gasteiger partial charge on any atom is 0.336 e. The van der Waals surface area contributed by atoms with Crippen LogP contribution >= 0.6 is 0 Å². The third-order valence-electron chi connectivity index (χ3n) is 6.57. The summed E-state index contributed by atoms with van der Waals surface area (Å²) < 4.78 is 5.16. The van der Waals surface area contributed by atoms with Gasteiger partial charge < -0.3 is 41.2 Å². The Morgan fingerprint density at radius 2 is 1.44 bits per heavy atom. The van der Waals surface area contributed by atoms with E-state index in [0.29, 0.717) is 10.9 Å². The first-order valence-electron chi connectivity index (χ1n) is 14.0. The van der Waals surface area contributed by atoms with Crippen LogP contribution in [-0.2, 0) is 33.6 Å². The molecule has 0 saturated carbocycles. The second-order valence-corrected chi connectivity index (χ2v) is 10.8. The number of carbonyl (C=O) groups is 7. The summed E-state index contributed by atoms with van der Waals surface area (Å²) in [6.07, 6.45) is -1.68. The lowest BCUT2D eigenvalue weighted by Gasteiger charge is -2.27. The lowest BCUT2D eigenvalue weighted by atomic mass is 10.0. The van der Waals surface area contributed by atoms with Crippen molar-refractivity contribution in [1.82, 2.24) is 21.3 Å². The average Bonchev–Trinajstić information content (AvgIpc) is 2.91. The van der Waals surface area contributed by atoms with Crippen LogP contribution in [0.15, 0.2) is 33.5 Å². The van der Waals surface area contributed by atoms with E-state index < -0.39 is 90.0 Å². The van der Waals surface area contributed by atoms with Crippen molar-refractivity contribution in [3.8, 4) is 0 Å². The molecule has 7 N–H and O–H groups in total. The van der Waals surface area contributed by atoms with Gasteiger partial charge in [-0.1, -0.05) is 13.8 Å². The molecule has 2 aromatic rings. The van der Waals surface area contributed by atoms with Crippen molar-refractivity contribution in [1.29, 1.82) is 0 Å². The molecular weight excluding hydrogens is 594 g/mol. The number of hydrogen-bond donors (Lipinski definition) is 7. The SMILES string of the molecule is CC(=O)N[C@@H](C)C(=O)N[C@@H](CCC(=O)O)C(=O)N[C@H](C(=O)N[C@@H](CC(=O)O)C(=O)Nc1ccc2c(C)cc(=O)oc2c1)C(C)C. The summed E-state index contributed by atoms with van der Waals surface area (Å²) in [5.74, 6) is -7.30. The lowest BCUT2D eigenvalue weighted by Crippen LogP contribution is -2.59. The van der Waals surface area contributed by atoms with Gasteiger partial charge in [0.25, 0.3) is 0 Å². The number of hydrogen-bond acceptors (Lipinski definition) is 9. The summed E-state index contributed by atoms with van der Waals surface area (Å²) in [5, 5.41) is 31.1. The molecule has 0 fully saturated rings. The first-order chi connectivity index (χ1) is 21.0. The molecule has 5 amide bonds. The fourth-order valence-electron chi connectivity index (χ4n) is 4.27. The highest BCUT2D eigenvalue weighted by Gasteiger charge is 2.33. The van der Waals surface area contributed by atoms with E-state index >= 15 is 0 Å². The molecule has 16 heteroatoms. The summed E-state index contributed by atoms with van der Waals surface area (Å²) in [6, 6.07) is 0.371. The molecule has 1 aromatic carbocycles. The molecule has 244 valence electrons. The number of anilines is 1. The Morgan fingerprint density at radius 1 is 0.800 bits per heavy atom.